The van der Waals surface area contributed by atoms with Gasteiger partial charge in [0, 0.05) is 6.54 Å². The standard InChI is InChI=1S/C25H22ClN3O2S/c26-20-13-5-7-15-22(20)27-23(30)17-32-25-28-21-14-6-4-12-19(21)24(31)29(25)16-8-11-18-9-2-1-3-10-18/h1-7,9-10,12-15H,8,11,16-17H2,(H,27,30). The summed E-state index contributed by atoms with van der Waals surface area (Å²) in [4.78, 5) is 30.3. The van der Waals surface area contributed by atoms with Crippen LogP contribution in [0, 0.1) is 0 Å². The Labute approximate surface area is 195 Å². The van der Waals surface area contributed by atoms with Gasteiger partial charge in [-0.1, -0.05) is 78.0 Å². The van der Waals surface area contributed by atoms with E-state index in [1.165, 1.54) is 17.3 Å². The molecule has 0 fully saturated rings. The van der Waals surface area contributed by atoms with Gasteiger partial charge in [-0.25, -0.2) is 4.98 Å². The van der Waals surface area contributed by atoms with Gasteiger partial charge in [-0.3, -0.25) is 14.2 Å². The molecule has 0 spiro atoms. The first-order valence-electron chi connectivity index (χ1n) is 10.3. The molecule has 0 saturated heterocycles. The fourth-order valence-electron chi connectivity index (χ4n) is 3.42. The van der Waals surface area contributed by atoms with Crippen LogP contribution in [0.4, 0.5) is 5.69 Å². The lowest BCUT2D eigenvalue weighted by atomic mass is 10.1. The number of benzene rings is 3. The summed E-state index contributed by atoms with van der Waals surface area (Å²) < 4.78 is 1.68. The van der Waals surface area contributed by atoms with Gasteiger partial charge in [-0.2, -0.15) is 0 Å². The predicted octanol–water partition coefficient (Wildman–Crippen LogP) is 5.41. The summed E-state index contributed by atoms with van der Waals surface area (Å²) in [6.07, 6.45) is 1.65. The van der Waals surface area contributed by atoms with Crippen LogP contribution in [0.1, 0.15) is 12.0 Å². The number of nitrogens with zero attached hydrogens (tertiary/aromatic N) is 2. The summed E-state index contributed by atoms with van der Waals surface area (Å²) in [5.74, 6) is -0.0874. The average molecular weight is 464 g/mol. The van der Waals surface area contributed by atoms with Gasteiger partial charge in [0.05, 0.1) is 27.4 Å². The molecule has 0 aliphatic carbocycles. The molecule has 32 heavy (non-hydrogen) atoms. The number of halogens is 1. The third kappa shape index (κ3) is 5.39. The Kier molecular flexibility index (Phi) is 7.24. The molecule has 0 radical (unpaired) electrons. The number of fused-ring (bicyclic) bond motifs is 1. The Balaban J connectivity index is 1.52. The van der Waals surface area contributed by atoms with E-state index in [2.05, 4.69) is 22.4 Å². The van der Waals surface area contributed by atoms with Crippen molar-refractivity contribution < 1.29 is 4.79 Å². The van der Waals surface area contributed by atoms with Crippen LogP contribution in [0.25, 0.3) is 10.9 Å². The summed E-state index contributed by atoms with van der Waals surface area (Å²) in [5, 5.41) is 4.41. The van der Waals surface area contributed by atoms with Crippen molar-refractivity contribution in [3.05, 3.63) is 99.8 Å². The van der Waals surface area contributed by atoms with Gasteiger partial charge in [-0.15, -0.1) is 0 Å². The molecule has 162 valence electrons. The second-order valence-corrected chi connectivity index (χ2v) is 8.62. The normalized spacial score (nSPS) is 10.9. The molecule has 1 heterocycles. The highest BCUT2D eigenvalue weighted by molar-refractivity contribution is 7.99. The van der Waals surface area contributed by atoms with Crippen LogP contribution >= 0.6 is 23.4 Å². The maximum atomic E-state index is 13.2. The molecule has 0 aliphatic rings. The highest BCUT2D eigenvalue weighted by Crippen LogP contribution is 2.22. The van der Waals surface area contributed by atoms with Crippen LogP contribution in [0.2, 0.25) is 5.02 Å². The molecular formula is C25H22ClN3O2S. The number of anilines is 1. The molecule has 5 nitrogen and oxygen atoms in total. The molecule has 0 unspecified atom stereocenters. The number of para-hydroxylation sites is 2. The van der Waals surface area contributed by atoms with Crippen LogP contribution in [-0.4, -0.2) is 21.2 Å². The monoisotopic (exact) mass is 463 g/mol. The lowest BCUT2D eigenvalue weighted by Gasteiger charge is -2.13. The smallest absolute Gasteiger partial charge is 0.262 e. The zero-order valence-electron chi connectivity index (χ0n) is 17.3. The number of amides is 1. The van der Waals surface area contributed by atoms with Crippen molar-refractivity contribution in [2.24, 2.45) is 0 Å². The van der Waals surface area contributed by atoms with Gasteiger partial charge in [0.15, 0.2) is 5.16 Å². The number of aromatic nitrogens is 2. The van der Waals surface area contributed by atoms with Crippen LogP contribution in [0.15, 0.2) is 88.8 Å². The second kappa shape index (κ2) is 10.5. The largest absolute Gasteiger partial charge is 0.324 e. The van der Waals surface area contributed by atoms with E-state index < -0.39 is 0 Å². The lowest BCUT2D eigenvalue weighted by Crippen LogP contribution is -2.24. The molecule has 1 amide bonds. The zero-order chi connectivity index (χ0) is 22.3. The fraction of sp³-hybridized carbons (Fsp3) is 0.160. The van der Waals surface area contributed by atoms with Crippen LogP contribution in [0.3, 0.4) is 0 Å². The van der Waals surface area contributed by atoms with E-state index in [4.69, 9.17) is 11.6 Å². The van der Waals surface area contributed by atoms with E-state index in [-0.39, 0.29) is 17.2 Å². The van der Waals surface area contributed by atoms with Crippen LogP contribution < -0.4 is 10.9 Å². The lowest BCUT2D eigenvalue weighted by molar-refractivity contribution is -0.113. The number of rotatable bonds is 8. The zero-order valence-corrected chi connectivity index (χ0v) is 18.9. The Morgan fingerprint density at radius 3 is 2.50 bits per heavy atom. The number of carbonyl (C=O) groups is 1. The number of hydrogen-bond donors (Lipinski definition) is 1. The minimum absolute atomic E-state index is 0.0855. The molecule has 0 aliphatic heterocycles. The van der Waals surface area contributed by atoms with Crippen LogP contribution in [0.5, 0.6) is 0 Å². The predicted molar refractivity (Wildman–Crippen MR) is 132 cm³/mol. The molecule has 4 rings (SSSR count). The molecule has 0 bridgehead atoms. The summed E-state index contributed by atoms with van der Waals surface area (Å²) in [5.41, 5.74) is 2.33. The van der Waals surface area contributed by atoms with E-state index in [0.717, 1.165) is 12.8 Å². The number of nitrogens with one attached hydrogen (secondary N) is 1. The first kappa shape index (κ1) is 22.1. The maximum absolute atomic E-state index is 13.2. The Hall–Kier alpha value is -3.09. The first-order chi connectivity index (χ1) is 15.6. The number of hydrogen-bond acceptors (Lipinski definition) is 4. The van der Waals surface area contributed by atoms with Gasteiger partial charge < -0.3 is 5.32 Å². The minimum Gasteiger partial charge on any atom is -0.324 e. The summed E-state index contributed by atoms with van der Waals surface area (Å²) >= 11 is 7.38. The van der Waals surface area contributed by atoms with E-state index in [1.54, 1.807) is 28.8 Å². The number of aryl methyl sites for hydroxylation is 1. The fourth-order valence-corrected chi connectivity index (χ4v) is 4.43. The van der Waals surface area contributed by atoms with Gasteiger partial charge in [0.1, 0.15) is 0 Å². The third-order valence-electron chi connectivity index (χ3n) is 5.00. The molecule has 0 atom stereocenters. The Morgan fingerprint density at radius 2 is 1.69 bits per heavy atom. The molecule has 1 N–H and O–H groups in total. The van der Waals surface area contributed by atoms with Gasteiger partial charge >= 0.3 is 0 Å². The highest BCUT2D eigenvalue weighted by Gasteiger charge is 2.14. The van der Waals surface area contributed by atoms with Gasteiger partial charge in [-0.05, 0) is 42.7 Å². The highest BCUT2D eigenvalue weighted by atomic mass is 35.5. The SMILES string of the molecule is O=C(CSc1nc2ccccc2c(=O)n1CCCc1ccccc1)Nc1ccccc1Cl. The van der Waals surface area contributed by atoms with E-state index in [0.29, 0.717) is 33.3 Å². The quantitative estimate of drug-likeness (QED) is 0.280. The minimum atomic E-state index is -0.207. The molecular weight excluding hydrogens is 442 g/mol. The van der Waals surface area contributed by atoms with E-state index >= 15 is 0 Å². The molecule has 4 aromatic rings. The van der Waals surface area contributed by atoms with E-state index in [1.807, 2.05) is 42.5 Å². The van der Waals surface area contributed by atoms with Crippen molar-refractivity contribution in [3.63, 3.8) is 0 Å². The number of thioether (sulfide) groups is 1. The summed E-state index contributed by atoms with van der Waals surface area (Å²) in [7, 11) is 0. The van der Waals surface area contributed by atoms with Crippen molar-refractivity contribution in [1.82, 2.24) is 9.55 Å². The Morgan fingerprint density at radius 1 is 0.969 bits per heavy atom. The third-order valence-corrected chi connectivity index (χ3v) is 6.30. The molecule has 7 heteroatoms. The number of carbonyl (C=O) groups excluding carboxylic acids is 1. The van der Waals surface area contributed by atoms with Crippen molar-refractivity contribution in [1.29, 1.82) is 0 Å². The summed E-state index contributed by atoms with van der Waals surface area (Å²) in [6.45, 7) is 0.528. The van der Waals surface area contributed by atoms with Gasteiger partial charge in [0.25, 0.3) is 5.56 Å². The molecule has 3 aromatic carbocycles. The first-order valence-corrected chi connectivity index (χ1v) is 11.7. The van der Waals surface area contributed by atoms with Crippen molar-refractivity contribution in [2.45, 2.75) is 24.5 Å². The van der Waals surface area contributed by atoms with Crippen LogP contribution in [-0.2, 0) is 17.8 Å². The van der Waals surface area contributed by atoms with E-state index in [9.17, 15) is 9.59 Å². The Bertz CT molecular complexity index is 1290. The average Bonchev–Trinajstić information content (AvgIpc) is 2.81. The molecule has 0 saturated carbocycles. The second-order valence-electron chi connectivity index (χ2n) is 7.27. The summed E-state index contributed by atoms with van der Waals surface area (Å²) in [6, 6.07) is 24.6. The maximum Gasteiger partial charge on any atom is 0.262 e. The van der Waals surface area contributed by atoms with Crippen molar-refractivity contribution in [2.75, 3.05) is 11.1 Å². The van der Waals surface area contributed by atoms with Crippen molar-refractivity contribution >= 4 is 45.9 Å². The van der Waals surface area contributed by atoms with Crippen molar-refractivity contribution in [3.8, 4) is 0 Å². The molecule has 1 aromatic heterocycles. The topological polar surface area (TPSA) is 64.0 Å². The van der Waals surface area contributed by atoms with Gasteiger partial charge in [0.2, 0.25) is 5.91 Å².